The molecule has 2 rings (SSSR count). The number of benzene rings is 1. The minimum Gasteiger partial charge on any atom is -0.352 e. The Morgan fingerprint density at radius 1 is 1.24 bits per heavy atom. The summed E-state index contributed by atoms with van der Waals surface area (Å²) < 4.78 is 13.3. The van der Waals surface area contributed by atoms with Crippen LogP contribution in [0.4, 0.5) is 4.39 Å². The Labute approximate surface area is 103 Å². The number of carbonyl (C=O) groups is 1. The van der Waals surface area contributed by atoms with Crippen molar-refractivity contribution in [1.29, 1.82) is 0 Å². The average molecular weight is 249 g/mol. The Morgan fingerprint density at radius 3 is 2.76 bits per heavy atom. The van der Waals surface area contributed by atoms with Crippen molar-refractivity contribution in [3.8, 4) is 0 Å². The first-order valence-electron chi connectivity index (χ1n) is 5.32. The molecule has 0 unspecified atom stereocenters. The summed E-state index contributed by atoms with van der Waals surface area (Å²) in [5.74, 6) is -0.847. The molecule has 0 aliphatic rings. The Hall–Kier alpha value is -1.68. The largest absolute Gasteiger partial charge is 0.352 e. The van der Waals surface area contributed by atoms with Crippen molar-refractivity contribution in [3.05, 3.63) is 58.0 Å². The molecule has 0 saturated heterocycles. The highest BCUT2D eigenvalue weighted by Crippen LogP contribution is 2.09. The Balaban J connectivity index is 1.88. The van der Waals surface area contributed by atoms with Crippen molar-refractivity contribution in [2.75, 3.05) is 6.54 Å². The lowest BCUT2D eigenvalue weighted by molar-refractivity contribution is 0.0950. The third-order valence-electron chi connectivity index (χ3n) is 2.36. The summed E-state index contributed by atoms with van der Waals surface area (Å²) in [6.07, 6.45) is 0.776. The van der Waals surface area contributed by atoms with Crippen LogP contribution in [0.1, 0.15) is 15.2 Å². The molecule has 0 aliphatic carbocycles. The van der Waals surface area contributed by atoms with Gasteiger partial charge >= 0.3 is 0 Å². The highest BCUT2D eigenvalue weighted by atomic mass is 32.1. The fourth-order valence-corrected chi connectivity index (χ4v) is 2.20. The highest BCUT2D eigenvalue weighted by Gasteiger charge is 2.09. The van der Waals surface area contributed by atoms with Crippen molar-refractivity contribution in [1.82, 2.24) is 5.32 Å². The van der Waals surface area contributed by atoms with Crippen molar-refractivity contribution in [2.45, 2.75) is 6.42 Å². The fraction of sp³-hybridized carbons (Fsp3) is 0.154. The topological polar surface area (TPSA) is 29.1 Å². The van der Waals surface area contributed by atoms with Crippen LogP contribution in [-0.2, 0) is 6.42 Å². The first kappa shape index (κ1) is 11.8. The van der Waals surface area contributed by atoms with Crippen molar-refractivity contribution in [3.63, 3.8) is 0 Å². The van der Waals surface area contributed by atoms with Gasteiger partial charge in [0.25, 0.3) is 5.91 Å². The third-order valence-corrected chi connectivity index (χ3v) is 3.29. The van der Waals surface area contributed by atoms with Gasteiger partial charge in [0.05, 0.1) is 5.56 Å². The number of nitrogens with one attached hydrogen (secondary N) is 1. The summed E-state index contributed by atoms with van der Waals surface area (Å²) in [7, 11) is 0. The van der Waals surface area contributed by atoms with Gasteiger partial charge in [-0.1, -0.05) is 18.2 Å². The maximum absolute atomic E-state index is 13.3. The van der Waals surface area contributed by atoms with E-state index in [2.05, 4.69) is 5.32 Å². The van der Waals surface area contributed by atoms with Crippen LogP contribution in [0.3, 0.4) is 0 Å². The van der Waals surface area contributed by atoms with Crippen molar-refractivity contribution >= 4 is 17.2 Å². The van der Waals surface area contributed by atoms with Gasteiger partial charge in [-0.15, -0.1) is 11.3 Å². The number of hydrogen-bond donors (Lipinski definition) is 1. The van der Waals surface area contributed by atoms with Crippen LogP contribution in [0.5, 0.6) is 0 Å². The fourth-order valence-electron chi connectivity index (χ4n) is 1.49. The molecule has 0 aliphatic heterocycles. The second-order valence-corrected chi connectivity index (χ2v) is 4.60. The molecule has 17 heavy (non-hydrogen) atoms. The van der Waals surface area contributed by atoms with Crippen LogP contribution in [0, 0.1) is 5.82 Å². The van der Waals surface area contributed by atoms with Crippen LogP contribution in [0.2, 0.25) is 0 Å². The van der Waals surface area contributed by atoms with Gasteiger partial charge in [0.15, 0.2) is 0 Å². The molecule has 2 nitrogen and oxygen atoms in total. The molecule has 1 amide bonds. The molecule has 0 atom stereocenters. The Bertz CT molecular complexity index is 496. The van der Waals surface area contributed by atoms with Crippen LogP contribution in [0.15, 0.2) is 41.8 Å². The van der Waals surface area contributed by atoms with E-state index < -0.39 is 5.82 Å². The summed E-state index contributed by atoms with van der Waals surface area (Å²) in [6, 6.07) is 9.97. The van der Waals surface area contributed by atoms with E-state index in [1.165, 1.54) is 17.0 Å². The van der Waals surface area contributed by atoms with Crippen molar-refractivity contribution < 1.29 is 9.18 Å². The van der Waals surface area contributed by atoms with E-state index in [-0.39, 0.29) is 11.5 Å². The highest BCUT2D eigenvalue weighted by molar-refractivity contribution is 7.09. The molecule has 0 bridgehead atoms. The van der Waals surface area contributed by atoms with Gasteiger partial charge in [-0.3, -0.25) is 4.79 Å². The molecule has 1 aromatic heterocycles. The lowest BCUT2D eigenvalue weighted by Crippen LogP contribution is -2.26. The molecule has 4 heteroatoms. The monoisotopic (exact) mass is 249 g/mol. The van der Waals surface area contributed by atoms with Gasteiger partial charge in [-0.05, 0) is 30.0 Å². The van der Waals surface area contributed by atoms with Crippen LogP contribution >= 0.6 is 11.3 Å². The number of hydrogen-bond acceptors (Lipinski definition) is 2. The predicted molar refractivity (Wildman–Crippen MR) is 66.8 cm³/mol. The number of halogens is 1. The summed E-state index contributed by atoms with van der Waals surface area (Å²) >= 11 is 1.65. The zero-order valence-electron chi connectivity index (χ0n) is 9.15. The number of amides is 1. The van der Waals surface area contributed by atoms with E-state index >= 15 is 0 Å². The third kappa shape index (κ3) is 3.14. The van der Waals surface area contributed by atoms with Gasteiger partial charge < -0.3 is 5.32 Å². The zero-order valence-corrected chi connectivity index (χ0v) is 9.97. The molecule has 88 valence electrons. The minimum atomic E-state index is -0.485. The smallest absolute Gasteiger partial charge is 0.254 e. The predicted octanol–water partition coefficient (Wildman–Crippen LogP) is 2.86. The van der Waals surface area contributed by atoms with Gasteiger partial charge in [0, 0.05) is 11.4 Å². The zero-order chi connectivity index (χ0) is 12.1. The molecule has 1 heterocycles. The van der Waals surface area contributed by atoms with E-state index in [0.29, 0.717) is 6.54 Å². The van der Waals surface area contributed by atoms with Crippen LogP contribution in [-0.4, -0.2) is 12.5 Å². The average Bonchev–Trinajstić information content (AvgIpc) is 2.82. The molecule has 2 aromatic rings. The molecular weight excluding hydrogens is 237 g/mol. The first-order valence-corrected chi connectivity index (χ1v) is 6.20. The summed E-state index contributed by atoms with van der Waals surface area (Å²) in [4.78, 5) is 12.9. The minimum absolute atomic E-state index is 0.0960. The lowest BCUT2D eigenvalue weighted by atomic mass is 10.2. The SMILES string of the molecule is O=C(NCCc1cccs1)c1ccccc1F. The van der Waals surface area contributed by atoms with Crippen LogP contribution in [0.25, 0.3) is 0 Å². The summed E-state index contributed by atoms with van der Waals surface area (Å²) in [6.45, 7) is 0.522. The van der Waals surface area contributed by atoms with E-state index in [0.717, 1.165) is 6.42 Å². The first-order chi connectivity index (χ1) is 8.27. The molecule has 0 spiro atoms. The van der Waals surface area contributed by atoms with E-state index in [9.17, 15) is 9.18 Å². The quantitative estimate of drug-likeness (QED) is 0.887. The van der Waals surface area contributed by atoms with E-state index in [1.807, 2.05) is 17.5 Å². The number of rotatable bonds is 4. The number of thiophene rings is 1. The molecule has 1 N–H and O–H groups in total. The Morgan fingerprint density at radius 2 is 2.06 bits per heavy atom. The lowest BCUT2D eigenvalue weighted by Gasteiger charge is -2.04. The molecular formula is C13H12FNOS. The van der Waals surface area contributed by atoms with Crippen LogP contribution < -0.4 is 5.32 Å². The number of carbonyl (C=O) groups excluding carboxylic acids is 1. The van der Waals surface area contributed by atoms with E-state index in [4.69, 9.17) is 0 Å². The van der Waals surface area contributed by atoms with Gasteiger partial charge in [0.1, 0.15) is 5.82 Å². The van der Waals surface area contributed by atoms with Gasteiger partial charge in [0.2, 0.25) is 0 Å². The maximum atomic E-state index is 13.3. The molecule has 0 saturated carbocycles. The normalized spacial score (nSPS) is 10.2. The van der Waals surface area contributed by atoms with E-state index in [1.54, 1.807) is 23.5 Å². The molecule has 1 aromatic carbocycles. The van der Waals surface area contributed by atoms with Gasteiger partial charge in [-0.2, -0.15) is 0 Å². The molecule has 0 fully saturated rings. The van der Waals surface area contributed by atoms with Crippen molar-refractivity contribution in [2.24, 2.45) is 0 Å². The maximum Gasteiger partial charge on any atom is 0.254 e. The van der Waals surface area contributed by atoms with Gasteiger partial charge in [-0.25, -0.2) is 4.39 Å². The standard InChI is InChI=1S/C13H12FNOS/c14-12-6-2-1-5-11(12)13(16)15-8-7-10-4-3-9-17-10/h1-6,9H,7-8H2,(H,15,16). The second-order valence-electron chi connectivity index (χ2n) is 3.57. The Kier molecular flexibility index (Phi) is 3.88. The second kappa shape index (κ2) is 5.59. The summed E-state index contributed by atoms with van der Waals surface area (Å²) in [5, 5.41) is 4.70. The molecule has 0 radical (unpaired) electrons. The summed E-state index contributed by atoms with van der Waals surface area (Å²) in [5.41, 5.74) is 0.0960.